The van der Waals surface area contributed by atoms with Crippen molar-refractivity contribution in [3.8, 4) is 5.75 Å². The molecule has 120 valence electrons. The lowest BCUT2D eigenvalue weighted by molar-refractivity contribution is 0.301. The molecular weight excluding hydrogens is 308 g/mol. The lowest BCUT2D eigenvalue weighted by Crippen LogP contribution is -2.07. The Morgan fingerprint density at radius 1 is 1.17 bits per heavy atom. The number of aromatic nitrogens is 2. The molecule has 3 aromatic rings. The monoisotopic (exact) mass is 328 g/mol. The van der Waals surface area contributed by atoms with Gasteiger partial charge in [0.15, 0.2) is 0 Å². The third kappa shape index (κ3) is 3.50. The highest BCUT2D eigenvalue weighted by atomic mass is 35.5. The fourth-order valence-corrected chi connectivity index (χ4v) is 2.88. The number of hydrogen-bond acceptors (Lipinski definition) is 2. The molecule has 23 heavy (non-hydrogen) atoms. The van der Waals surface area contributed by atoms with Crippen LogP contribution in [0.25, 0.3) is 11.0 Å². The Balaban J connectivity index is 1.63. The highest BCUT2D eigenvalue weighted by Crippen LogP contribution is 2.21. The molecule has 0 aliphatic carbocycles. The Morgan fingerprint density at radius 3 is 2.78 bits per heavy atom. The van der Waals surface area contributed by atoms with E-state index in [1.807, 2.05) is 31.2 Å². The van der Waals surface area contributed by atoms with Gasteiger partial charge in [-0.25, -0.2) is 4.98 Å². The zero-order chi connectivity index (χ0) is 16.2. The number of ether oxygens (including phenoxy) is 1. The first-order valence-electron chi connectivity index (χ1n) is 8.02. The molecule has 0 unspecified atom stereocenters. The van der Waals surface area contributed by atoms with E-state index < -0.39 is 0 Å². The van der Waals surface area contributed by atoms with Crippen molar-refractivity contribution in [1.29, 1.82) is 0 Å². The maximum Gasteiger partial charge on any atom is 0.119 e. The van der Waals surface area contributed by atoms with Crippen LogP contribution in [-0.2, 0) is 13.0 Å². The van der Waals surface area contributed by atoms with Crippen LogP contribution in [0.3, 0.4) is 0 Å². The number of halogens is 1. The SMILES string of the molecule is CCc1nc2ccccc2n1CCCOc1ccc(Cl)c(C)c1. The summed E-state index contributed by atoms with van der Waals surface area (Å²) in [4.78, 5) is 4.70. The summed E-state index contributed by atoms with van der Waals surface area (Å²) in [6.07, 6.45) is 1.88. The number of hydrogen-bond donors (Lipinski definition) is 0. The normalized spacial score (nSPS) is 11.1. The van der Waals surface area contributed by atoms with Crippen molar-refractivity contribution in [2.75, 3.05) is 6.61 Å². The molecule has 0 bridgehead atoms. The standard InChI is InChI=1S/C19H21ClN2O/c1-3-19-21-17-7-4-5-8-18(17)22(19)11-6-12-23-15-9-10-16(20)14(2)13-15/h4-5,7-10,13H,3,6,11-12H2,1-2H3. The predicted molar refractivity (Wildman–Crippen MR) is 95.4 cm³/mol. The van der Waals surface area contributed by atoms with Crippen molar-refractivity contribution in [3.05, 3.63) is 58.9 Å². The van der Waals surface area contributed by atoms with E-state index in [0.717, 1.165) is 47.1 Å². The first-order valence-corrected chi connectivity index (χ1v) is 8.40. The van der Waals surface area contributed by atoms with Crippen LogP contribution in [0.5, 0.6) is 5.75 Å². The number of fused-ring (bicyclic) bond motifs is 1. The van der Waals surface area contributed by atoms with Gasteiger partial charge in [0.1, 0.15) is 11.6 Å². The van der Waals surface area contributed by atoms with Crippen molar-refractivity contribution < 1.29 is 4.74 Å². The van der Waals surface area contributed by atoms with Crippen LogP contribution in [-0.4, -0.2) is 16.2 Å². The van der Waals surface area contributed by atoms with E-state index >= 15 is 0 Å². The average molecular weight is 329 g/mol. The van der Waals surface area contributed by atoms with Gasteiger partial charge in [0.2, 0.25) is 0 Å². The number of rotatable bonds is 6. The van der Waals surface area contributed by atoms with E-state index in [9.17, 15) is 0 Å². The summed E-state index contributed by atoms with van der Waals surface area (Å²) in [6.45, 7) is 5.72. The molecule has 1 aromatic heterocycles. The summed E-state index contributed by atoms with van der Waals surface area (Å²) < 4.78 is 8.13. The quantitative estimate of drug-likeness (QED) is 0.593. The van der Waals surface area contributed by atoms with Crippen molar-refractivity contribution >= 4 is 22.6 Å². The summed E-state index contributed by atoms with van der Waals surface area (Å²) in [5.74, 6) is 2.01. The van der Waals surface area contributed by atoms with Gasteiger partial charge in [-0.05, 0) is 49.2 Å². The first kappa shape index (κ1) is 15.9. The van der Waals surface area contributed by atoms with Crippen molar-refractivity contribution in [2.45, 2.75) is 33.2 Å². The summed E-state index contributed by atoms with van der Waals surface area (Å²) in [5, 5.41) is 0.773. The lowest BCUT2D eigenvalue weighted by atomic mass is 10.2. The highest BCUT2D eigenvalue weighted by molar-refractivity contribution is 6.31. The summed E-state index contributed by atoms with van der Waals surface area (Å²) in [5.41, 5.74) is 3.31. The van der Waals surface area contributed by atoms with Gasteiger partial charge in [-0.1, -0.05) is 30.7 Å². The van der Waals surface area contributed by atoms with Crippen LogP contribution in [0.1, 0.15) is 24.7 Å². The van der Waals surface area contributed by atoms with Crippen LogP contribution < -0.4 is 4.74 Å². The first-order chi connectivity index (χ1) is 11.2. The van der Waals surface area contributed by atoms with Crippen molar-refractivity contribution in [2.24, 2.45) is 0 Å². The van der Waals surface area contributed by atoms with Gasteiger partial charge < -0.3 is 9.30 Å². The van der Waals surface area contributed by atoms with E-state index in [0.29, 0.717) is 6.61 Å². The van der Waals surface area contributed by atoms with E-state index in [1.165, 1.54) is 5.52 Å². The Morgan fingerprint density at radius 2 is 2.00 bits per heavy atom. The van der Waals surface area contributed by atoms with Crippen LogP contribution in [0, 0.1) is 6.92 Å². The second-order valence-corrected chi connectivity index (χ2v) is 6.04. The van der Waals surface area contributed by atoms with Gasteiger partial charge in [0, 0.05) is 18.0 Å². The van der Waals surface area contributed by atoms with Gasteiger partial charge in [0.25, 0.3) is 0 Å². The largest absolute Gasteiger partial charge is 0.494 e. The Kier molecular flexibility index (Phi) is 4.87. The van der Waals surface area contributed by atoms with E-state index in [2.05, 4.69) is 29.7 Å². The van der Waals surface area contributed by atoms with Crippen LogP contribution in [0.2, 0.25) is 5.02 Å². The number of aryl methyl sites for hydroxylation is 3. The number of para-hydroxylation sites is 2. The number of benzene rings is 2. The molecule has 0 spiro atoms. The van der Waals surface area contributed by atoms with Crippen molar-refractivity contribution in [3.63, 3.8) is 0 Å². The van der Waals surface area contributed by atoms with Crippen molar-refractivity contribution in [1.82, 2.24) is 9.55 Å². The molecule has 0 aliphatic rings. The van der Waals surface area contributed by atoms with Gasteiger partial charge in [-0.3, -0.25) is 0 Å². The Hall–Kier alpha value is -2.00. The smallest absolute Gasteiger partial charge is 0.119 e. The summed E-state index contributed by atoms with van der Waals surface area (Å²) >= 11 is 6.03. The second kappa shape index (κ2) is 7.05. The molecule has 0 fully saturated rings. The number of imidazole rings is 1. The third-order valence-electron chi connectivity index (χ3n) is 3.97. The van der Waals surface area contributed by atoms with E-state index in [1.54, 1.807) is 0 Å². The minimum atomic E-state index is 0.677. The molecule has 0 aliphatic heterocycles. The molecule has 0 radical (unpaired) electrons. The zero-order valence-corrected chi connectivity index (χ0v) is 14.3. The zero-order valence-electron chi connectivity index (χ0n) is 13.6. The molecule has 2 aromatic carbocycles. The minimum absolute atomic E-state index is 0.677. The molecule has 0 atom stereocenters. The molecule has 1 heterocycles. The molecule has 3 rings (SSSR count). The lowest BCUT2D eigenvalue weighted by Gasteiger charge is -2.10. The van der Waals surface area contributed by atoms with Crippen LogP contribution in [0.15, 0.2) is 42.5 Å². The maximum absolute atomic E-state index is 6.03. The fraction of sp³-hybridized carbons (Fsp3) is 0.316. The topological polar surface area (TPSA) is 27.1 Å². The number of nitrogens with zero attached hydrogens (tertiary/aromatic N) is 2. The molecule has 4 heteroatoms. The fourth-order valence-electron chi connectivity index (χ4n) is 2.76. The maximum atomic E-state index is 6.03. The molecule has 0 amide bonds. The van der Waals surface area contributed by atoms with Crippen LogP contribution in [0.4, 0.5) is 0 Å². The third-order valence-corrected chi connectivity index (χ3v) is 4.40. The molecular formula is C19H21ClN2O. The molecule has 0 saturated carbocycles. The molecule has 0 N–H and O–H groups in total. The Bertz CT molecular complexity index is 810. The Labute approximate surface area is 141 Å². The minimum Gasteiger partial charge on any atom is -0.494 e. The predicted octanol–water partition coefficient (Wildman–Crippen LogP) is 5.03. The molecule has 0 saturated heterocycles. The van der Waals surface area contributed by atoms with Crippen LogP contribution >= 0.6 is 11.6 Å². The highest BCUT2D eigenvalue weighted by Gasteiger charge is 2.08. The average Bonchev–Trinajstić information content (AvgIpc) is 2.92. The van der Waals surface area contributed by atoms with E-state index in [-0.39, 0.29) is 0 Å². The summed E-state index contributed by atoms with van der Waals surface area (Å²) in [6, 6.07) is 14.1. The van der Waals surface area contributed by atoms with Gasteiger partial charge in [-0.15, -0.1) is 0 Å². The van der Waals surface area contributed by atoms with E-state index in [4.69, 9.17) is 21.3 Å². The second-order valence-electron chi connectivity index (χ2n) is 5.63. The van der Waals surface area contributed by atoms with Gasteiger partial charge in [0.05, 0.1) is 17.6 Å². The van der Waals surface area contributed by atoms with Gasteiger partial charge in [-0.2, -0.15) is 0 Å². The summed E-state index contributed by atoms with van der Waals surface area (Å²) in [7, 11) is 0. The van der Waals surface area contributed by atoms with Gasteiger partial charge >= 0.3 is 0 Å². The molecule has 3 nitrogen and oxygen atoms in total.